The molecule has 1 fully saturated rings. The molecule has 2 aromatic heterocycles. The number of anilines is 1. The lowest BCUT2D eigenvalue weighted by atomic mass is 10.2. The number of nitrogens with zero attached hydrogens (tertiary/aromatic N) is 3. The first-order valence-electron chi connectivity index (χ1n) is 10.2. The fourth-order valence-corrected chi connectivity index (χ4v) is 4.42. The quantitative estimate of drug-likeness (QED) is 0.316. The van der Waals surface area contributed by atoms with Gasteiger partial charge in [-0.15, -0.1) is 0 Å². The van der Waals surface area contributed by atoms with Crippen molar-refractivity contribution in [3.63, 3.8) is 0 Å². The van der Waals surface area contributed by atoms with Crippen LogP contribution in [0.15, 0.2) is 28.0 Å². The van der Waals surface area contributed by atoms with Gasteiger partial charge in [0.15, 0.2) is 0 Å². The van der Waals surface area contributed by atoms with Crippen LogP contribution in [0.4, 0.5) is 5.82 Å². The number of aryl methyl sites for hydroxylation is 1. The van der Waals surface area contributed by atoms with E-state index in [4.69, 9.17) is 22.1 Å². The Hall–Kier alpha value is -2.27. The molecule has 31 heavy (non-hydrogen) atoms. The van der Waals surface area contributed by atoms with Crippen LogP contribution in [0.2, 0.25) is 0 Å². The summed E-state index contributed by atoms with van der Waals surface area (Å²) in [6.45, 7) is 5.43. The van der Waals surface area contributed by atoms with E-state index in [1.54, 1.807) is 23.2 Å². The van der Waals surface area contributed by atoms with E-state index in [1.807, 2.05) is 13.0 Å². The number of thioether (sulfide) groups is 1. The molecular formula is C21H26N4O4S2. The molecule has 0 unspecified atom stereocenters. The number of nitrogens with one attached hydrogen (secondary N) is 1. The summed E-state index contributed by atoms with van der Waals surface area (Å²) in [5.41, 5.74) is 1.42. The minimum Gasteiger partial charge on any atom is -0.394 e. The van der Waals surface area contributed by atoms with Crippen LogP contribution in [0.1, 0.15) is 30.9 Å². The average molecular weight is 463 g/mol. The molecule has 1 saturated heterocycles. The van der Waals surface area contributed by atoms with Crippen molar-refractivity contribution in [2.75, 3.05) is 38.2 Å². The summed E-state index contributed by atoms with van der Waals surface area (Å²) >= 11 is 6.57. The Balaban J connectivity index is 1.99. The summed E-state index contributed by atoms with van der Waals surface area (Å²) in [7, 11) is 0. The van der Waals surface area contributed by atoms with E-state index in [1.165, 1.54) is 16.2 Å². The minimum absolute atomic E-state index is 0.0557. The molecule has 3 heterocycles. The first-order chi connectivity index (χ1) is 15.0. The SMILES string of the molecule is CCCCN1C(=O)C(=Cc2c(NCCOCCO)nc3c(C)cccn3c2=O)SC1=S. The number of pyridine rings is 1. The van der Waals surface area contributed by atoms with Crippen LogP contribution < -0.4 is 10.9 Å². The van der Waals surface area contributed by atoms with Crippen molar-refractivity contribution in [3.05, 3.63) is 44.7 Å². The molecule has 3 rings (SSSR count). The highest BCUT2D eigenvalue weighted by molar-refractivity contribution is 8.26. The molecule has 2 N–H and O–H groups in total. The Bertz CT molecular complexity index is 1070. The van der Waals surface area contributed by atoms with Crippen LogP contribution in [-0.2, 0) is 9.53 Å². The fraction of sp³-hybridized carbons (Fsp3) is 0.429. The number of carbonyl (C=O) groups is 1. The maximum Gasteiger partial charge on any atom is 0.267 e. The number of thiocarbonyl (C=S) groups is 1. The average Bonchev–Trinajstić information content (AvgIpc) is 3.02. The zero-order valence-corrected chi connectivity index (χ0v) is 19.2. The fourth-order valence-electron chi connectivity index (χ4n) is 3.12. The number of hydrogen-bond acceptors (Lipinski definition) is 8. The van der Waals surface area contributed by atoms with Crippen LogP contribution in [-0.4, -0.2) is 62.5 Å². The molecule has 0 saturated carbocycles. The van der Waals surface area contributed by atoms with Gasteiger partial charge in [-0.3, -0.25) is 18.9 Å². The lowest BCUT2D eigenvalue weighted by Crippen LogP contribution is -2.29. The Morgan fingerprint density at radius 1 is 1.35 bits per heavy atom. The van der Waals surface area contributed by atoms with Gasteiger partial charge < -0.3 is 15.2 Å². The van der Waals surface area contributed by atoms with Gasteiger partial charge in [0, 0.05) is 19.3 Å². The van der Waals surface area contributed by atoms with Crippen LogP contribution in [0.3, 0.4) is 0 Å². The molecule has 8 nitrogen and oxygen atoms in total. The molecule has 0 radical (unpaired) electrons. The third kappa shape index (κ3) is 5.32. The molecule has 10 heteroatoms. The molecule has 1 aliphatic heterocycles. The van der Waals surface area contributed by atoms with Gasteiger partial charge in [-0.05, 0) is 31.1 Å². The van der Waals surface area contributed by atoms with E-state index in [9.17, 15) is 9.59 Å². The largest absolute Gasteiger partial charge is 0.394 e. The molecule has 0 aliphatic carbocycles. The van der Waals surface area contributed by atoms with Gasteiger partial charge in [-0.1, -0.05) is 43.4 Å². The van der Waals surface area contributed by atoms with Crippen molar-refractivity contribution in [2.45, 2.75) is 26.7 Å². The number of hydrogen-bond donors (Lipinski definition) is 2. The van der Waals surface area contributed by atoms with Crippen molar-refractivity contribution in [3.8, 4) is 0 Å². The van der Waals surface area contributed by atoms with Crippen molar-refractivity contribution >= 4 is 51.7 Å². The van der Waals surface area contributed by atoms with Crippen molar-refractivity contribution < 1.29 is 14.6 Å². The van der Waals surface area contributed by atoms with Gasteiger partial charge in [0.25, 0.3) is 11.5 Å². The molecule has 166 valence electrons. The lowest BCUT2D eigenvalue weighted by molar-refractivity contribution is -0.122. The number of rotatable bonds is 10. The molecular weight excluding hydrogens is 436 g/mol. The molecule has 2 aromatic rings. The highest BCUT2D eigenvalue weighted by atomic mass is 32.2. The molecule has 0 spiro atoms. The van der Waals surface area contributed by atoms with Crippen LogP contribution >= 0.6 is 24.0 Å². The smallest absolute Gasteiger partial charge is 0.267 e. The first kappa shape index (κ1) is 23.4. The topological polar surface area (TPSA) is 96.2 Å². The monoisotopic (exact) mass is 462 g/mol. The minimum atomic E-state index is -0.272. The van der Waals surface area contributed by atoms with E-state index in [2.05, 4.69) is 17.2 Å². The Morgan fingerprint density at radius 2 is 2.16 bits per heavy atom. The number of unbranched alkanes of at least 4 members (excludes halogenated alkanes) is 1. The number of aromatic nitrogens is 2. The van der Waals surface area contributed by atoms with E-state index in [0.717, 1.165) is 18.4 Å². The second-order valence-corrected chi connectivity index (χ2v) is 8.69. The van der Waals surface area contributed by atoms with Crippen molar-refractivity contribution in [1.29, 1.82) is 0 Å². The maximum atomic E-state index is 13.3. The van der Waals surface area contributed by atoms with E-state index < -0.39 is 0 Å². The van der Waals surface area contributed by atoms with Gasteiger partial charge in [0.2, 0.25) is 0 Å². The predicted octanol–water partition coefficient (Wildman–Crippen LogP) is 2.43. The van der Waals surface area contributed by atoms with E-state index in [0.29, 0.717) is 46.0 Å². The summed E-state index contributed by atoms with van der Waals surface area (Å²) in [6.07, 6.45) is 5.06. The Kier molecular flexibility index (Phi) is 8.19. The van der Waals surface area contributed by atoms with Gasteiger partial charge >= 0.3 is 0 Å². The summed E-state index contributed by atoms with van der Waals surface area (Å²) in [6, 6.07) is 3.67. The molecule has 0 atom stereocenters. The summed E-state index contributed by atoms with van der Waals surface area (Å²) in [5.74, 6) is 0.195. The molecule has 0 bridgehead atoms. The zero-order valence-electron chi connectivity index (χ0n) is 17.6. The van der Waals surface area contributed by atoms with Crippen molar-refractivity contribution in [1.82, 2.24) is 14.3 Å². The third-order valence-electron chi connectivity index (χ3n) is 4.74. The number of carbonyl (C=O) groups excluding carboxylic acids is 1. The van der Waals surface area contributed by atoms with Gasteiger partial charge in [-0.25, -0.2) is 4.98 Å². The van der Waals surface area contributed by atoms with Crippen molar-refractivity contribution in [2.24, 2.45) is 0 Å². The normalized spacial score (nSPS) is 15.5. The first-order valence-corrected chi connectivity index (χ1v) is 11.4. The van der Waals surface area contributed by atoms with Crippen LogP contribution in [0, 0.1) is 6.92 Å². The summed E-state index contributed by atoms with van der Waals surface area (Å²) in [5, 5.41) is 12.0. The number of fused-ring (bicyclic) bond motifs is 1. The number of amides is 1. The lowest BCUT2D eigenvalue weighted by Gasteiger charge is -2.13. The Labute approximate surface area is 190 Å². The zero-order chi connectivity index (χ0) is 22.4. The van der Waals surface area contributed by atoms with Crippen LogP contribution in [0.5, 0.6) is 0 Å². The summed E-state index contributed by atoms with van der Waals surface area (Å²) in [4.78, 5) is 32.8. The summed E-state index contributed by atoms with van der Waals surface area (Å²) < 4.78 is 7.26. The molecule has 1 aliphatic rings. The number of ether oxygens (including phenoxy) is 1. The molecule has 0 aromatic carbocycles. The van der Waals surface area contributed by atoms with Gasteiger partial charge in [0.05, 0.1) is 30.3 Å². The number of aliphatic hydroxyl groups is 1. The van der Waals surface area contributed by atoms with Gasteiger partial charge in [-0.2, -0.15) is 0 Å². The second-order valence-electron chi connectivity index (χ2n) is 7.01. The van der Waals surface area contributed by atoms with E-state index in [-0.39, 0.29) is 24.7 Å². The standard InChI is InChI=1S/C21H26N4O4S2/c1-3-4-8-25-20(28)16(31-21(25)30)13-15-17(22-7-11-29-12-10-26)23-18-14(2)6-5-9-24(18)19(15)27/h5-6,9,13,22,26H,3-4,7-8,10-12H2,1-2H3. The van der Waals surface area contributed by atoms with Crippen LogP contribution in [0.25, 0.3) is 11.7 Å². The number of aliphatic hydroxyl groups excluding tert-OH is 1. The maximum absolute atomic E-state index is 13.3. The molecule has 1 amide bonds. The van der Waals surface area contributed by atoms with E-state index >= 15 is 0 Å². The van der Waals surface area contributed by atoms with Gasteiger partial charge in [0.1, 0.15) is 15.8 Å². The second kappa shape index (κ2) is 10.9. The Morgan fingerprint density at radius 3 is 2.90 bits per heavy atom. The highest BCUT2D eigenvalue weighted by Crippen LogP contribution is 2.33. The third-order valence-corrected chi connectivity index (χ3v) is 6.12. The predicted molar refractivity (Wildman–Crippen MR) is 127 cm³/mol. The highest BCUT2D eigenvalue weighted by Gasteiger charge is 2.32.